The van der Waals surface area contributed by atoms with E-state index in [1.807, 2.05) is 25.9 Å². The molecule has 0 radical (unpaired) electrons. The van der Waals surface area contributed by atoms with Crippen LogP contribution in [0.2, 0.25) is 0 Å². The fourth-order valence-electron chi connectivity index (χ4n) is 1.23. The third kappa shape index (κ3) is 4.91. The molecule has 0 rings (SSSR count). The van der Waals surface area contributed by atoms with Crippen LogP contribution in [0.5, 0.6) is 0 Å². The Balaban J connectivity index is 4.36. The number of carbonyl (C=O) groups is 2. The molecule has 0 saturated carbocycles. The Hall–Kier alpha value is -1.30. The summed E-state index contributed by atoms with van der Waals surface area (Å²) in [5, 5.41) is 11.8. The molecule has 1 atom stereocenters. The molecular formula is C12H25N3O3. The monoisotopic (exact) mass is 259 g/mol. The zero-order chi connectivity index (χ0) is 14.5. The molecule has 0 aliphatic rings. The lowest BCUT2D eigenvalue weighted by Crippen LogP contribution is -2.55. The lowest BCUT2D eigenvalue weighted by molar-refractivity contribution is -0.146. The lowest BCUT2D eigenvalue weighted by atomic mass is 10.0. The lowest BCUT2D eigenvalue weighted by Gasteiger charge is -2.32. The first-order chi connectivity index (χ1) is 8.09. The molecule has 0 spiro atoms. The summed E-state index contributed by atoms with van der Waals surface area (Å²) in [6.07, 6.45) is 0.820. The Labute approximate surface area is 109 Å². The number of aliphatic carboxylic acids is 1. The second kappa shape index (κ2) is 6.58. The van der Waals surface area contributed by atoms with E-state index in [2.05, 4.69) is 5.32 Å². The van der Waals surface area contributed by atoms with Crippen molar-refractivity contribution in [2.24, 2.45) is 0 Å². The average molecular weight is 259 g/mol. The van der Waals surface area contributed by atoms with E-state index in [1.54, 1.807) is 0 Å². The van der Waals surface area contributed by atoms with Gasteiger partial charge in [-0.1, -0.05) is 0 Å². The van der Waals surface area contributed by atoms with Gasteiger partial charge in [-0.15, -0.1) is 0 Å². The predicted molar refractivity (Wildman–Crippen MR) is 70.6 cm³/mol. The number of urea groups is 1. The number of carboxylic acids is 1. The summed E-state index contributed by atoms with van der Waals surface area (Å²) in [6, 6.07) is -0.361. The number of amides is 2. The molecule has 1 unspecified atom stereocenters. The third-order valence-corrected chi connectivity index (χ3v) is 3.05. The van der Waals surface area contributed by atoms with Crippen molar-refractivity contribution in [2.45, 2.75) is 38.8 Å². The second-order valence-corrected chi connectivity index (χ2v) is 5.37. The van der Waals surface area contributed by atoms with E-state index in [9.17, 15) is 9.59 Å². The van der Waals surface area contributed by atoms with Crippen molar-refractivity contribution in [3.05, 3.63) is 0 Å². The molecule has 0 aliphatic carbocycles. The van der Waals surface area contributed by atoms with Crippen LogP contribution in [-0.4, -0.2) is 66.2 Å². The molecule has 6 heteroatoms. The van der Waals surface area contributed by atoms with Gasteiger partial charge in [0.15, 0.2) is 0 Å². The number of nitrogens with zero attached hydrogens (tertiary/aromatic N) is 2. The maximum atomic E-state index is 11.9. The van der Waals surface area contributed by atoms with Gasteiger partial charge in [-0.05, 0) is 47.8 Å². The maximum Gasteiger partial charge on any atom is 0.329 e. The zero-order valence-electron chi connectivity index (χ0n) is 12.1. The van der Waals surface area contributed by atoms with Crippen molar-refractivity contribution < 1.29 is 14.7 Å². The first kappa shape index (κ1) is 16.7. The molecule has 0 aromatic carbocycles. The van der Waals surface area contributed by atoms with Crippen molar-refractivity contribution in [3.8, 4) is 0 Å². The first-order valence-corrected chi connectivity index (χ1v) is 6.01. The van der Waals surface area contributed by atoms with Crippen LogP contribution in [-0.2, 0) is 4.79 Å². The van der Waals surface area contributed by atoms with Gasteiger partial charge >= 0.3 is 12.0 Å². The first-order valence-electron chi connectivity index (χ1n) is 6.01. The van der Waals surface area contributed by atoms with Crippen LogP contribution in [0.1, 0.15) is 27.2 Å². The SMILES string of the molecule is CC(CCN(C)C)NC(=O)N(C)C(C)(C)C(=O)O. The van der Waals surface area contributed by atoms with E-state index in [4.69, 9.17) is 5.11 Å². The highest BCUT2D eigenvalue weighted by molar-refractivity contribution is 5.85. The smallest absolute Gasteiger partial charge is 0.329 e. The van der Waals surface area contributed by atoms with Gasteiger partial charge in [-0.2, -0.15) is 0 Å². The highest BCUT2D eigenvalue weighted by Gasteiger charge is 2.35. The van der Waals surface area contributed by atoms with Crippen LogP contribution in [0.4, 0.5) is 4.79 Å². The zero-order valence-corrected chi connectivity index (χ0v) is 12.1. The molecule has 18 heavy (non-hydrogen) atoms. The summed E-state index contributed by atoms with van der Waals surface area (Å²) >= 11 is 0. The highest BCUT2D eigenvalue weighted by atomic mass is 16.4. The molecule has 0 aromatic heterocycles. The predicted octanol–water partition coefficient (Wildman–Crippen LogP) is 0.831. The van der Waals surface area contributed by atoms with E-state index in [1.165, 1.54) is 25.8 Å². The molecule has 0 aromatic rings. The minimum absolute atomic E-state index is 0.00643. The number of rotatable bonds is 6. The molecule has 0 saturated heterocycles. The van der Waals surface area contributed by atoms with E-state index >= 15 is 0 Å². The van der Waals surface area contributed by atoms with Gasteiger partial charge in [0, 0.05) is 13.1 Å². The van der Waals surface area contributed by atoms with E-state index in [0.29, 0.717) is 0 Å². The molecule has 2 amide bonds. The Morgan fingerprint density at radius 3 is 2.17 bits per heavy atom. The Morgan fingerprint density at radius 2 is 1.78 bits per heavy atom. The van der Waals surface area contributed by atoms with Crippen LogP contribution in [0.25, 0.3) is 0 Å². The fourth-order valence-corrected chi connectivity index (χ4v) is 1.23. The third-order valence-electron chi connectivity index (χ3n) is 3.05. The number of likely N-dealkylation sites (N-methyl/N-ethyl adjacent to an activating group) is 1. The Kier molecular flexibility index (Phi) is 6.11. The minimum atomic E-state index is -1.22. The van der Waals surface area contributed by atoms with E-state index in [-0.39, 0.29) is 12.1 Å². The maximum absolute atomic E-state index is 11.9. The fraction of sp³-hybridized carbons (Fsp3) is 0.833. The molecule has 6 nitrogen and oxygen atoms in total. The van der Waals surface area contributed by atoms with E-state index in [0.717, 1.165) is 13.0 Å². The van der Waals surface area contributed by atoms with Gasteiger partial charge in [0.05, 0.1) is 0 Å². The summed E-state index contributed by atoms with van der Waals surface area (Å²) in [5.41, 5.74) is -1.22. The van der Waals surface area contributed by atoms with Crippen molar-refractivity contribution in [2.75, 3.05) is 27.7 Å². The van der Waals surface area contributed by atoms with Gasteiger partial charge in [0.1, 0.15) is 5.54 Å². The summed E-state index contributed by atoms with van der Waals surface area (Å²) in [4.78, 5) is 26.2. The topological polar surface area (TPSA) is 72.9 Å². The molecule has 106 valence electrons. The quantitative estimate of drug-likeness (QED) is 0.741. The van der Waals surface area contributed by atoms with Crippen molar-refractivity contribution in [3.63, 3.8) is 0 Å². The molecular weight excluding hydrogens is 234 g/mol. The molecule has 0 fully saturated rings. The highest BCUT2D eigenvalue weighted by Crippen LogP contribution is 2.12. The normalized spacial score (nSPS) is 13.3. The number of nitrogens with one attached hydrogen (secondary N) is 1. The number of hydrogen-bond donors (Lipinski definition) is 2. The summed E-state index contributed by atoms with van der Waals surface area (Å²) in [5.74, 6) is -1.03. The van der Waals surface area contributed by atoms with Crippen LogP contribution in [0.15, 0.2) is 0 Å². The van der Waals surface area contributed by atoms with Gasteiger partial charge in [0.25, 0.3) is 0 Å². The minimum Gasteiger partial charge on any atom is -0.480 e. The van der Waals surface area contributed by atoms with Crippen molar-refractivity contribution in [1.82, 2.24) is 15.1 Å². The van der Waals surface area contributed by atoms with Crippen molar-refractivity contribution in [1.29, 1.82) is 0 Å². The number of carboxylic acid groups (broad SMARTS) is 1. The Morgan fingerprint density at radius 1 is 1.28 bits per heavy atom. The van der Waals surface area contributed by atoms with Gasteiger partial charge in [0.2, 0.25) is 0 Å². The largest absolute Gasteiger partial charge is 0.480 e. The van der Waals surface area contributed by atoms with Crippen LogP contribution < -0.4 is 5.32 Å². The van der Waals surface area contributed by atoms with Gasteiger partial charge in [-0.3, -0.25) is 0 Å². The average Bonchev–Trinajstić information content (AvgIpc) is 2.24. The van der Waals surface area contributed by atoms with E-state index < -0.39 is 11.5 Å². The Bertz CT molecular complexity index is 303. The van der Waals surface area contributed by atoms with Gasteiger partial charge < -0.3 is 20.2 Å². The molecule has 0 aliphatic heterocycles. The second-order valence-electron chi connectivity index (χ2n) is 5.37. The van der Waals surface area contributed by atoms with Crippen LogP contribution in [0, 0.1) is 0 Å². The molecule has 2 N–H and O–H groups in total. The summed E-state index contributed by atoms with van der Waals surface area (Å²) in [6.45, 7) is 5.77. The summed E-state index contributed by atoms with van der Waals surface area (Å²) < 4.78 is 0. The summed E-state index contributed by atoms with van der Waals surface area (Å²) in [7, 11) is 5.42. The standard InChI is InChI=1S/C12H25N3O3/c1-9(7-8-14(4)5)13-11(18)15(6)12(2,3)10(16)17/h9H,7-8H2,1-6H3,(H,13,18)(H,16,17). The van der Waals surface area contributed by atoms with Crippen LogP contribution >= 0.6 is 0 Å². The van der Waals surface area contributed by atoms with Gasteiger partial charge in [-0.25, -0.2) is 9.59 Å². The molecule has 0 bridgehead atoms. The van der Waals surface area contributed by atoms with Crippen LogP contribution in [0.3, 0.4) is 0 Å². The molecule has 0 heterocycles. The number of carbonyl (C=O) groups excluding carboxylic acids is 1. The number of hydrogen-bond acceptors (Lipinski definition) is 3. The van der Waals surface area contributed by atoms with Crippen molar-refractivity contribution >= 4 is 12.0 Å².